The van der Waals surface area contributed by atoms with Gasteiger partial charge in [0.15, 0.2) is 0 Å². The summed E-state index contributed by atoms with van der Waals surface area (Å²) in [6, 6.07) is -5.28. The number of nitrogens with two attached hydrogens (primary N) is 1. The van der Waals surface area contributed by atoms with E-state index in [1.165, 1.54) is 11.8 Å². The first-order chi connectivity index (χ1) is 14.4. The smallest absolute Gasteiger partial charge is 0.326 e. The first kappa shape index (κ1) is 28.6. The van der Waals surface area contributed by atoms with Crippen LogP contribution in [-0.4, -0.2) is 87.8 Å². The van der Waals surface area contributed by atoms with Gasteiger partial charge in [0.25, 0.3) is 0 Å². The Morgan fingerprint density at radius 2 is 1.42 bits per heavy atom. The van der Waals surface area contributed by atoms with Gasteiger partial charge in [0, 0.05) is 0 Å². The summed E-state index contributed by atoms with van der Waals surface area (Å²) in [6.45, 7) is 2.88. The minimum absolute atomic E-state index is 0.0963. The number of hydrogen-bond donors (Lipinski definition) is 7. The van der Waals surface area contributed by atoms with Crippen LogP contribution in [0, 0.1) is 5.92 Å². The van der Waals surface area contributed by atoms with Crippen LogP contribution in [-0.2, 0) is 24.0 Å². The molecule has 31 heavy (non-hydrogen) atoms. The number of aliphatic hydroxyl groups excluding tert-OH is 1. The summed E-state index contributed by atoms with van der Waals surface area (Å²) in [5, 5.41) is 34.3. The number of carbonyl (C=O) groups excluding carboxylic acids is 3. The minimum Gasteiger partial charge on any atom is -0.481 e. The highest BCUT2D eigenvalue weighted by Gasteiger charge is 2.31. The molecule has 0 aromatic rings. The average molecular weight is 465 g/mol. The summed E-state index contributed by atoms with van der Waals surface area (Å²) < 4.78 is 0. The number of aliphatic hydroxyl groups is 1. The third kappa shape index (κ3) is 11.5. The van der Waals surface area contributed by atoms with Crippen molar-refractivity contribution >= 4 is 41.4 Å². The van der Waals surface area contributed by atoms with E-state index in [0.29, 0.717) is 12.2 Å². The molecule has 0 aliphatic heterocycles. The lowest BCUT2D eigenvalue weighted by molar-refractivity contribution is -0.143. The van der Waals surface area contributed by atoms with Crippen LogP contribution in [0.25, 0.3) is 0 Å². The molecule has 0 aliphatic rings. The van der Waals surface area contributed by atoms with E-state index in [-0.39, 0.29) is 12.3 Å². The Kier molecular flexibility index (Phi) is 13.5. The van der Waals surface area contributed by atoms with Crippen molar-refractivity contribution in [1.29, 1.82) is 0 Å². The number of aliphatic carboxylic acids is 2. The molecule has 0 bridgehead atoms. The van der Waals surface area contributed by atoms with Gasteiger partial charge >= 0.3 is 11.9 Å². The number of rotatable bonds is 15. The van der Waals surface area contributed by atoms with Crippen LogP contribution in [0.15, 0.2) is 0 Å². The maximum atomic E-state index is 12.4. The zero-order chi connectivity index (χ0) is 24.1. The van der Waals surface area contributed by atoms with E-state index in [4.69, 9.17) is 10.8 Å². The van der Waals surface area contributed by atoms with Gasteiger partial charge in [-0.2, -0.15) is 11.8 Å². The van der Waals surface area contributed by atoms with Crippen LogP contribution in [0.5, 0.6) is 0 Å². The van der Waals surface area contributed by atoms with Gasteiger partial charge in [-0.25, -0.2) is 4.79 Å². The van der Waals surface area contributed by atoms with E-state index in [9.17, 15) is 34.2 Å². The van der Waals surface area contributed by atoms with Crippen LogP contribution < -0.4 is 21.7 Å². The lowest BCUT2D eigenvalue weighted by Gasteiger charge is -2.24. The molecule has 0 aromatic heterocycles. The highest BCUT2D eigenvalue weighted by molar-refractivity contribution is 7.98. The molecule has 4 atom stereocenters. The Hall–Kier alpha value is -2.38. The third-order valence-electron chi connectivity index (χ3n) is 4.11. The maximum Gasteiger partial charge on any atom is 0.326 e. The van der Waals surface area contributed by atoms with Crippen LogP contribution in [0.4, 0.5) is 0 Å². The molecule has 0 saturated heterocycles. The number of carboxylic acid groups (broad SMARTS) is 2. The predicted octanol–water partition coefficient (Wildman–Crippen LogP) is -1.88. The molecule has 0 radical (unpaired) electrons. The SMILES string of the molecule is CSCCC(NC(=O)C(CC(=O)O)NC(=O)C(CO)NC(=O)C(N)CC(C)C)C(=O)O. The van der Waals surface area contributed by atoms with Gasteiger partial charge in [-0.15, -0.1) is 0 Å². The topological polar surface area (TPSA) is 208 Å². The van der Waals surface area contributed by atoms with Gasteiger partial charge < -0.3 is 37.0 Å². The third-order valence-corrected chi connectivity index (χ3v) is 4.76. The van der Waals surface area contributed by atoms with Gasteiger partial charge in [0.2, 0.25) is 17.7 Å². The van der Waals surface area contributed by atoms with Gasteiger partial charge in [-0.1, -0.05) is 13.8 Å². The van der Waals surface area contributed by atoms with E-state index in [1.54, 1.807) is 6.26 Å². The number of hydrogen-bond acceptors (Lipinski definition) is 8. The molecule has 0 rings (SSSR count). The molecule has 3 amide bonds. The Morgan fingerprint density at radius 1 is 0.903 bits per heavy atom. The van der Waals surface area contributed by atoms with Gasteiger partial charge in [0.1, 0.15) is 18.1 Å². The van der Waals surface area contributed by atoms with Gasteiger partial charge in [0.05, 0.1) is 19.1 Å². The van der Waals surface area contributed by atoms with Gasteiger partial charge in [-0.05, 0) is 30.8 Å². The summed E-state index contributed by atoms with van der Waals surface area (Å²) in [7, 11) is 0. The van der Waals surface area contributed by atoms with Crippen molar-refractivity contribution in [3.63, 3.8) is 0 Å². The molecule has 178 valence electrons. The summed E-state index contributed by atoms with van der Waals surface area (Å²) in [5.41, 5.74) is 5.74. The van der Waals surface area contributed by atoms with Crippen molar-refractivity contribution in [3.05, 3.63) is 0 Å². The van der Waals surface area contributed by atoms with E-state index in [2.05, 4.69) is 16.0 Å². The number of thioether (sulfide) groups is 1. The fraction of sp³-hybridized carbons (Fsp3) is 0.722. The molecule has 12 nitrogen and oxygen atoms in total. The largest absolute Gasteiger partial charge is 0.481 e. The Morgan fingerprint density at radius 3 is 1.87 bits per heavy atom. The van der Waals surface area contributed by atoms with Crippen molar-refractivity contribution in [3.8, 4) is 0 Å². The van der Waals surface area contributed by atoms with E-state index in [0.717, 1.165) is 0 Å². The van der Waals surface area contributed by atoms with Crippen molar-refractivity contribution in [2.24, 2.45) is 11.7 Å². The van der Waals surface area contributed by atoms with Crippen molar-refractivity contribution < 1.29 is 39.3 Å². The molecular weight excluding hydrogens is 432 g/mol. The second kappa shape index (κ2) is 14.6. The monoisotopic (exact) mass is 464 g/mol. The zero-order valence-corrected chi connectivity index (χ0v) is 18.6. The fourth-order valence-corrected chi connectivity index (χ4v) is 2.98. The minimum atomic E-state index is -1.61. The van der Waals surface area contributed by atoms with Crippen molar-refractivity contribution in [1.82, 2.24) is 16.0 Å². The number of nitrogens with one attached hydrogen (secondary N) is 3. The molecule has 0 aromatic carbocycles. The molecule has 13 heteroatoms. The summed E-state index contributed by atoms with van der Waals surface area (Å²) in [4.78, 5) is 59.4. The standard InChI is InChI=1S/C18H32N4O8S/c1-9(2)6-10(19)15(26)22-13(8-23)17(28)21-12(7-14(24)25)16(27)20-11(18(29)30)4-5-31-3/h9-13,23H,4-8,19H2,1-3H3,(H,20,27)(H,21,28)(H,22,26)(H,24,25)(H,29,30). The maximum absolute atomic E-state index is 12.4. The second-order valence-electron chi connectivity index (χ2n) is 7.32. The summed E-state index contributed by atoms with van der Waals surface area (Å²) in [5.74, 6) is -4.89. The van der Waals surface area contributed by atoms with E-state index in [1.807, 2.05) is 13.8 Å². The Bertz CT molecular complexity index is 646. The fourth-order valence-electron chi connectivity index (χ4n) is 2.51. The van der Waals surface area contributed by atoms with Crippen LogP contribution >= 0.6 is 11.8 Å². The molecule has 8 N–H and O–H groups in total. The zero-order valence-electron chi connectivity index (χ0n) is 17.8. The Labute approximate surface area is 184 Å². The van der Waals surface area contributed by atoms with E-state index >= 15 is 0 Å². The molecule has 0 spiro atoms. The lowest BCUT2D eigenvalue weighted by Crippen LogP contribution is -2.58. The Balaban J connectivity index is 5.23. The lowest BCUT2D eigenvalue weighted by atomic mass is 10.0. The number of carbonyl (C=O) groups is 5. The predicted molar refractivity (Wildman–Crippen MR) is 113 cm³/mol. The first-order valence-electron chi connectivity index (χ1n) is 9.63. The molecule has 4 unspecified atom stereocenters. The summed E-state index contributed by atoms with van der Waals surface area (Å²) in [6.07, 6.45) is 1.36. The average Bonchev–Trinajstić information content (AvgIpc) is 2.66. The van der Waals surface area contributed by atoms with E-state index < -0.39 is 66.9 Å². The van der Waals surface area contributed by atoms with Crippen LogP contribution in [0.1, 0.15) is 33.1 Å². The van der Waals surface area contributed by atoms with Crippen molar-refractivity contribution in [2.45, 2.75) is 57.3 Å². The second-order valence-corrected chi connectivity index (χ2v) is 8.31. The molecular formula is C18H32N4O8S. The molecule has 0 heterocycles. The molecule has 0 fully saturated rings. The van der Waals surface area contributed by atoms with Crippen LogP contribution in [0.3, 0.4) is 0 Å². The molecule has 0 saturated carbocycles. The van der Waals surface area contributed by atoms with Crippen molar-refractivity contribution in [2.75, 3.05) is 18.6 Å². The first-order valence-corrected chi connectivity index (χ1v) is 11.0. The normalized spacial score (nSPS) is 14.8. The number of carboxylic acids is 2. The number of amides is 3. The summed E-state index contributed by atoms with van der Waals surface area (Å²) >= 11 is 1.37. The molecule has 0 aliphatic carbocycles. The van der Waals surface area contributed by atoms with Gasteiger partial charge in [-0.3, -0.25) is 19.2 Å². The quantitative estimate of drug-likeness (QED) is 0.143. The highest BCUT2D eigenvalue weighted by atomic mass is 32.2. The highest BCUT2D eigenvalue weighted by Crippen LogP contribution is 2.05. The van der Waals surface area contributed by atoms with Crippen LogP contribution in [0.2, 0.25) is 0 Å².